The van der Waals surface area contributed by atoms with Crippen LogP contribution in [0, 0.1) is 0 Å². The molecule has 0 spiro atoms. The number of hydrogen-bond donors (Lipinski definition) is 2. The summed E-state index contributed by atoms with van der Waals surface area (Å²) in [4.78, 5) is 12.2. The molecule has 0 aliphatic heterocycles. The van der Waals surface area contributed by atoms with Crippen LogP contribution in [0.2, 0.25) is 0 Å². The summed E-state index contributed by atoms with van der Waals surface area (Å²) in [5, 5.41) is 7.74. The average Bonchev–Trinajstić information content (AvgIpc) is 3.04. The van der Waals surface area contributed by atoms with Crippen molar-refractivity contribution in [1.29, 1.82) is 0 Å². The first-order valence-electron chi connectivity index (χ1n) is 6.67. The lowest BCUT2D eigenvalue weighted by Gasteiger charge is -2.03. The third-order valence-corrected chi connectivity index (χ3v) is 3.15. The van der Waals surface area contributed by atoms with E-state index in [1.807, 2.05) is 13.8 Å². The van der Waals surface area contributed by atoms with Crippen molar-refractivity contribution in [1.82, 2.24) is 9.78 Å². The lowest BCUT2D eigenvalue weighted by molar-refractivity contribution is 0.0998. The molecule has 0 aliphatic rings. The first-order valence-corrected chi connectivity index (χ1v) is 6.67. The molecule has 0 unspecified atom stereocenters. The van der Waals surface area contributed by atoms with Crippen molar-refractivity contribution >= 4 is 28.3 Å². The molecule has 0 saturated carbocycles. The number of carbonyl (C=O) groups is 1. The van der Waals surface area contributed by atoms with Gasteiger partial charge in [0.25, 0.3) is 5.91 Å². The zero-order chi connectivity index (χ0) is 15.0. The molecule has 3 N–H and O–H groups in total. The van der Waals surface area contributed by atoms with E-state index in [1.165, 1.54) is 0 Å². The fourth-order valence-electron chi connectivity index (χ4n) is 2.05. The number of hydrogen-bond acceptors (Lipinski definition) is 4. The standard InChI is InChI=1S/C15H16N4O2/c1-9(2)19-8-12(7-17-19)18-15(20)14-6-10-5-11(16)3-4-13(10)21-14/h3-9H,16H2,1-2H3,(H,18,20). The lowest BCUT2D eigenvalue weighted by Crippen LogP contribution is -2.10. The van der Waals surface area contributed by atoms with Gasteiger partial charge in [-0.05, 0) is 38.1 Å². The molecule has 108 valence electrons. The second kappa shape index (κ2) is 4.97. The Kier molecular flexibility index (Phi) is 3.13. The Balaban J connectivity index is 1.82. The molecule has 0 radical (unpaired) electrons. The van der Waals surface area contributed by atoms with Gasteiger partial charge in [-0.3, -0.25) is 9.48 Å². The van der Waals surface area contributed by atoms with Crippen molar-refractivity contribution < 1.29 is 9.21 Å². The normalized spacial score (nSPS) is 11.2. The van der Waals surface area contributed by atoms with Gasteiger partial charge in [0.05, 0.1) is 11.9 Å². The highest BCUT2D eigenvalue weighted by Gasteiger charge is 2.13. The van der Waals surface area contributed by atoms with Crippen molar-refractivity contribution in [3.8, 4) is 0 Å². The average molecular weight is 284 g/mol. The molecule has 21 heavy (non-hydrogen) atoms. The number of rotatable bonds is 3. The number of carbonyl (C=O) groups excluding carboxylic acids is 1. The van der Waals surface area contributed by atoms with Gasteiger partial charge in [0.15, 0.2) is 5.76 Å². The highest BCUT2D eigenvalue weighted by molar-refractivity contribution is 6.04. The maximum Gasteiger partial charge on any atom is 0.291 e. The number of amides is 1. The second-order valence-electron chi connectivity index (χ2n) is 5.16. The molecular weight excluding hydrogens is 268 g/mol. The smallest absolute Gasteiger partial charge is 0.291 e. The number of benzene rings is 1. The summed E-state index contributed by atoms with van der Waals surface area (Å²) in [7, 11) is 0. The van der Waals surface area contributed by atoms with Crippen LogP contribution < -0.4 is 11.1 Å². The fourth-order valence-corrected chi connectivity index (χ4v) is 2.05. The maximum absolute atomic E-state index is 12.2. The minimum atomic E-state index is -0.312. The highest BCUT2D eigenvalue weighted by atomic mass is 16.3. The first-order chi connectivity index (χ1) is 10.0. The van der Waals surface area contributed by atoms with Gasteiger partial charge in [-0.15, -0.1) is 0 Å². The topological polar surface area (TPSA) is 86.1 Å². The number of fused-ring (bicyclic) bond motifs is 1. The van der Waals surface area contributed by atoms with Crippen molar-refractivity contribution in [2.75, 3.05) is 11.1 Å². The zero-order valence-electron chi connectivity index (χ0n) is 11.8. The van der Waals surface area contributed by atoms with E-state index in [0.29, 0.717) is 17.0 Å². The van der Waals surface area contributed by atoms with E-state index in [0.717, 1.165) is 5.39 Å². The van der Waals surface area contributed by atoms with Crippen LogP contribution in [0.5, 0.6) is 0 Å². The summed E-state index contributed by atoms with van der Waals surface area (Å²) < 4.78 is 7.29. The van der Waals surface area contributed by atoms with Gasteiger partial charge in [-0.25, -0.2) is 0 Å². The summed E-state index contributed by atoms with van der Waals surface area (Å²) >= 11 is 0. The fraction of sp³-hybridized carbons (Fsp3) is 0.200. The van der Waals surface area contributed by atoms with Gasteiger partial charge in [0.2, 0.25) is 0 Å². The molecular formula is C15H16N4O2. The molecule has 1 aromatic carbocycles. The number of anilines is 2. The van der Waals surface area contributed by atoms with E-state index in [-0.39, 0.29) is 17.7 Å². The Morgan fingerprint density at radius 2 is 2.19 bits per heavy atom. The van der Waals surface area contributed by atoms with E-state index >= 15 is 0 Å². The molecule has 2 heterocycles. The third-order valence-electron chi connectivity index (χ3n) is 3.15. The molecule has 3 aromatic rings. The van der Waals surface area contributed by atoms with Crippen LogP contribution in [0.15, 0.2) is 41.1 Å². The lowest BCUT2D eigenvalue weighted by atomic mass is 10.2. The minimum absolute atomic E-state index is 0.241. The molecule has 1 amide bonds. The Morgan fingerprint density at radius 1 is 1.38 bits per heavy atom. The Bertz CT molecular complexity index is 801. The number of nitrogens with zero attached hydrogens (tertiary/aromatic N) is 2. The quantitative estimate of drug-likeness (QED) is 0.724. The van der Waals surface area contributed by atoms with E-state index in [2.05, 4.69) is 10.4 Å². The summed E-state index contributed by atoms with van der Waals surface area (Å²) in [5.74, 6) is -0.0685. The minimum Gasteiger partial charge on any atom is -0.451 e. The van der Waals surface area contributed by atoms with Crippen LogP contribution in [0.1, 0.15) is 30.4 Å². The van der Waals surface area contributed by atoms with Crippen molar-refractivity contribution in [3.05, 3.63) is 42.4 Å². The second-order valence-corrected chi connectivity index (χ2v) is 5.16. The largest absolute Gasteiger partial charge is 0.451 e. The SMILES string of the molecule is CC(C)n1cc(NC(=O)c2cc3cc(N)ccc3o2)cn1. The van der Waals surface area contributed by atoms with E-state index in [9.17, 15) is 4.79 Å². The molecule has 6 nitrogen and oxygen atoms in total. The number of furan rings is 1. The van der Waals surface area contributed by atoms with Crippen LogP contribution in [-0.2, 0) is 0 Å². The van der Waals surface area contributed by atoms with Crippen LogP contribution in [0.4, 0.5) is 11.4 Å². The van der Waals surface area contributed by atoms with E-state index in [1.54, 1.807) is 41.3 Å². The first kappa shape index (κ1) is 13.2. The van der Waals surface area contributed by atoms with Gasteiger partial charge in [-0.2, -0.15) is 5.10 Å². The Morgan fingerprint density at radius 3 is 2.90 bits per heavy atom. The van der Waals surface area contributed by atoms with Gasteiger partial charge in [-0.1, -0.05) is 0 Å². The van der Waals surface area contributed by atoms with E-state index < -0.39 is 0 Å². The zero-order valence-corrected chi connectivity index (χ0v) is 11.8. The summed E-state index contributed by atoms with van der Waals surface area (Å²) in [6.07, 6.45) is 3.39. The Hall–Kier alpha value is -2.76. The van der Waals surface area contributed by atoms with Crippen LogP contribution in [0.3, 0.4) is 0 Å². The van der Waals surface area contributed by atoms with Crippen molar-refractivity contribution in [3.63, 3.8) is 0 Å². The van der Waals surface area contributed by atoms with Crippen LogP contribution in [0.25, 0.3) is 11.0 Å². The van der Waals surface area contributed by atoms with Crippen LogP contribution in [-0.4, -0.2) is 15.7 Å². The van der Waals surface area contributed by atoms with E-state index in [4.69, 9.17) is 10.2 Å². The number of nitrogen functional groups attached to an aromatic ring is 1. The molecule has 6 heteroatoms. The molecule has 0 atom stereocenters. The molecule has 2 aromatic heterocycles. The van der Waals surface area contributed by atoms with Gasteiger partial charge in [0, 0.05) is 23.3 Å². The van der Waals surface area contributed by atoms with Gasteiger partial charge in [0.1, 0.15) is 5.58 Å². The van der Waals surface area contributed by atoms with Crippen LogP contribution >= 0.6 is 0 Å². The summed E-state index contributed by atoms with van der Waals surface area (Å²) in [6, 6.07) is 7.17. The molecule has 0 fully saturated rings. The van der Waals surface area contributed by atoms with Gasteiger partial charge < -0.3 is 15.5 Å². The van der Waals surface area contributed by atoms with Gasteiger partial charge >= 0.3 is 0 Å². The summed E-state index contributed by atoms with van der Waals surface area (Å²) in [6.45, 7) is 4.03. The molecule has 0 saturated heterocycles. The summed E-state index contributed by atoms with van der Waals surface area (Å²) in [5.41, 5.74) is 7.61. The molecule has 3 rings (SSSR count). The number of nitrogens with one attached hydrogen (secondary N) is 1. The Labute approximate surface area is 121 Å². The predicted molar refractivity (Wildman–Crippen MR) is 81.2 cm³/mol. The van der Waals surface area contributed by atoms with Crippen molar-refractivity contribution in [2.45, 2.75) is 19.9 Å². The highest BCUT2D eigenvalue weighted by Crippen LogP contribution is 2.22. The predicted octanol–water partition coefficient (Wildman–Crippen LogP) is 3.04. The monoisotopic (exact) mass is 284 g/mol. The molecule has 0 bridgehead atoms. The number of aromatic nitrogens is 2. The maximum atomic E-state index is 12.2. The molecule has 0 aliphatic carbocycles. The number of nitrogens with two attached hydrogens (primary N) is 1. The third kappa shape index (κ3) is 2.60. The van der Waals surface area contributed by atoms with Crippen molar-refractivity contribution in [2.24, 2.45) is 0 Å².